The monoisotopic (exact) mass is 895 g/mol. The number of hydrogen-bond donors (Lipinski definition) is 0. The maximum atomic E-state index is 6.53. The predicted octanol–water partition coefficient (Wildman–Crippen LogP) is 18.2. The first-order valence-electron chi connectivity index (χ1n) is 25.5. The Bertz CT molecular complexity index is 3930. The topological polar surface area (TPSA) is 16.4 Å². The summed E-state index contributed by atoms with van der Waals surface area (Å²) in [5.41, 5.74) is 21.8. The molecular weight excluding hydrogens is 847 g/mol. The summed E-state index contributed by atoms with van der Waals surface area (Å²) >= 11 is 0. The van der Waals surface area contributed by atoms with E-state index in [-0.39, 0.29) is 5.41 Å². The van der Waals surface area contributed by atoms with Crippen molar-refractivity contribution in [2.24, 2.45) is 29.1 Å². The molecule has 1 heterocycles. The lowest BCUT2D eigenvalue weighted by atomic mass is 9.27. The number of anilines is 3. The number of nitrogens with zero attached hydrogens (tertiary/aromatic N) is 1. The van der Waals surface area contributed by atoms with Gasteiger partial charge >= 0.3 is 0 Å². The van der Waals surface area contributed by atoms with Gasteiger partial charge in [-0.3, -0.25) is 0 Å². The van der Waals surface area contributed by atoms with Crippen molar-refractivity contribution in [3.05, 3.63) is 236 Å². The van der Waals surface area contributed by atoms with E-state index in [1.54, 1.807) is 11.1 Å². The average molecular weight is 896 g/mol. The van der Waals surface area contributed by atoms with Gasteiger partial charge in [0.05, 0.1) is 5.69 Å². The second-order valence-electron chi connectivity index (χ2n) is 21.2. The molecule has 0 saturated heterocycles. The Kier molecular flexibility index (Phi) is 7.97. The highest BCUT2D eigenvalue weighted by atomic mass is 16.3. The van der Waals surface area contributed by atoms with Crippen LogP contribution in [0.1, 0.15) is 36.8 Å². The Labute approximate surface area is 408 Å². The fourth-order valence-electron chi connectivity index (χ4n) is 15.8. The zero-order valence-corrected chi connectivity index (χ0v) is 38.9. The number of para-hydroxylation sites is 3. The summed E-state index contributed by atoms with van der Waals surface area (Å²) in [6, 6.07) is 83.5. The van der Waals surface area contributed by atoms with Crippen molar-refractivity contribution in [3.63, 3.8) is 0 Å². The highest BCUT2D eigenvalue weighted by molar-refractivity contribution is 6.10. The molecule has 70 heavy (non-hydrogen) atoms. The molecule has 2 spiro atoms. The van der Waals surface area contributed by atoms with Crippen LogP contribution in [0.2, 0.25) is 0 Å². The van der Waals surface area contributed by atoms with Crippen LogP contribution in [0.25, 0.3) is 88.3 Å². The lowest BCUT2D eigenvalue weighted by Crippen LogP contribution is -2.73. The number of rotatable bonds is 7. The predicted molar refractivity (Wildman–Crippen MR) is 289 cm³/mol. The van der Waals surface area contributed by atoms with Crippen molar-refractivity contribution in [1.82, 2.24) is 0 Å². The summed E-state index contributed by atoms with van der Waals surface area (Å²) in [4.78, 5) is 2.46. The minimum atomic E-state index is 0.179. The summed E-state index contributed by atoms with van der Waals surface area (Å²) in [5.74, 6) is 3.49. The van der Waals surface area contributed by atoms with Gasteiger partial charge in [-0.05, 0) is 164 Å². The standard InChI is InChI=1S/C68H49NO/c1-2-13-44(14-3-1)51-20-10-15-46-16-11-22-57(65(46)51)55-18-5-8-25-61(55)69(50-34-29-45(30-35-50)52-21-12-23-58-56-19-6-9-26-62(56)70-66(52)58)49-32-27-43(28-33-49)47-31-36-54-53-17-4-7-24-59(53)68(60(54)39-47)63-38-42-37-48-40-64(68)67(48,63)41-42/h1-36,39,42,48,63-64H,37-38,40-41H2. The number of benzene rings is 10. The van der Waals surface area contributed by atoms with Gasteiger partial charge in [0.2, 0.25) is 0 Å². The van der Waals surface area contributed by atoms with E-state index in [1.165, 1.54) is 81.0 Å². The van der Waals surface area contributed by atoms with Gasteiger partial charge in [0.25, 0.3) is 0 Å². The highest BCUT2D eigenvalue weighted by Crippen LogP contribution is 2.89. The molecule has 332 valence electrons. The molecule has 2 heteroatoms. The third-order valence-electron chi connectivity index (χ3n) is 18.4. The van der Waals surface area contributed by atoms with Crippen LogP contribution < -0.4 is 4.90 Å². The molecule has 4 fully saturated rings. The van der Waals surface area contributed by atoms with Gasteiger partial charge in [-0.1, -0.05) is 182 Å². The van der Waals surface area contributed by atoms with Gasteiger partial charge < -0.3 is 9.32 Å². The molecule has 0 radical (unpaired) electrons. The molecule has 1 aromatic heterocycles. The minimum Gasteiger partial charge on any atom is -0.455 e. The van der Waals surface area contributed by atoms with E-state index < -0.39 is 0 Å². The molecule has 4 saturated carbocycles. The van der Waals surface area contributed by atoms with Gasteiger partial charge in [-0.15, -0.1) is 0 Å². The van der Waals surface area contributed by atoms with Crippen molar-refractivity contribution in [2.75, 3.05) is 4.90 Å². The van der Waals surface area contributed by atoms with Gasteiger partial charge in [0.1, 0.15) is 11.2 Å². The first kappa shape index (κ1) is 39.0. The van der Waals surface area contributed by atoms with Gasteiger partial charge in [-0.2, -0.15) is 0 Å². The normalized spacial score (nSPS) is 23.0. The molecule has 0 amide bonds. The molecule has 6 atom stereocenters. The first-order valence-corrected chi connectivity index (χ1v) is 25.5. The average Bonchev–Trinajstić information content (AvgIpc) is 4.21. The maximum Gasteiger partial charge on any atom is 0.143 e. The molecule has 5 aliphatic carbocycles. The maximum absolute atomic E-state index is 6.53. The lowest BCUT2D eigenvalue weighted by molar-refractivity contribution is -0.231. The Hall–Kier alpha value is -7.94. The van der Waals surface area contributed by atoms with Crippen molar-refractivity contribution >= 4 is 49.8 Å². The quantitative estimate of drug-likeness (QED) is 0.158. The summed E-state index contributed by atoms with van der Waals surface area (Å²) in [6.45, 7) is 0. The van der Waals surface area contributed by atoms with Crippen LogP contribution in [0.3, 0.4) is 0 Å². The second kappa shape index (κ2) is 14.3. The molecule has 2 bridgehead atoms. The molecule has 2 nitrogen and oxygen atoms in total. The van der Waals surface area contributed by atoms with Gasteiger partial charge in [-0.25, -0.2) is 0 Å². The largest absolute Gasteiger partial charge is 0.455 e. The van der Waals surface area contributed by atoms with E-state index in [9.17, 15) is 0 Å². The summed E-state index contributed by atoms with van der Waals surface area (Å²) < 4.78 is 6.53. The fraction of sp³-hybridized carbons (Fsp3) is 0.147. The van der Waals surface area contributed by atoms with Crippen molar-refractivity contribution in [1.29, 1.82) is 0 Å². The molecule has 0 N–H and O–H groups in total. The Morgan fingerprint density at radius 3 is 1.86 bits per heavy atom. The number of fused-ring (bicyclic) bond motifs is 12. The van der Waals surface area contributed by atoms with E-state index >= 15 is 0 Å². The first-order chi connectivity index (χ1) is 34.7. The molecule has 16 rings (SSSR count). The van der Waals surface area contributed by atoms with Crippen LogP contribution in [-0.4, -0.2) is 0 Å². The van der Waals surface area contributed by atoms with E-state index in [1.807, 2.05) is 6.07 Å². The molecule has 6 unspecified atom stereocenters. The van der Waals surface area contributed by atoms with Crippen LogP contribution in [0.5, 0.6) is 0 Å². The van der Waals surface area contributed by atoms with E-state index in [2.05, 4.69) is 223 Å². The van der Waals surface area contributed by atoms with Crippen molar-refractivity contribution in [2.45, 2.75) is 31.1 Å². The molecule has 5 aliphatic rings. The third kappa shape index (κ3) is 5.08. The van der Waals surface area contributed by atoms with Crippen molar-refractivity contribution in [3.8, 4) is 55.6 Å². The van der Waals surface area contributed by atoms with E-state index in [0.717, 1.165) is 73.8 Å². The third-order valence-corrected chi connectivity index (χ3v) is 18.4. The molecular formula is C68H49NO. The van der Waals surface area contributed by atoms with Crippen LogP contribution in [0.4, 0.5) is 17.1 Å². The van der Waals surface area contributed by atoms with Crippen LogP contribution in [0.15, 0.2) is 229 Å². The summed E-state index contributed by atoms with van der Waals surface area (Å²) in [7, 11) is 0. The SMILES string of the molecule is c1ccc(-c2cccc3cccc(-c4ccccc4N(c4ccc(-c5ccc6c(c5)C5(c7ccccc7-6)C6CC7CC8CC5C86C7)cc4)c4ccc(-c5cccc6c5oc5ccccc56)cc4)c23)cc1. The fourth-order valence-corrected chi connectivity index (χ4v) is 15.8. The van der Waals surface area contributed by atoms with Gasteiger partial charge in [0.15, 0.2) is 0 Å². The van der Waals surface area contributed by atoms with Crippen molar-refractivity contribution < 1.29 is 4.42 Å². The van der Waals surface area contributed by atoms with Crippen LogP contribution in [-0.2, 0) is 5.41 Å². The summed E-state index contributed by atoms with van der Waals surface area (Å²) in [5, 5.41) is 4.76. The number of furan rings is 1. The van der Waals surface area contributed by atoms with Crippen LogP contribution >= 0.6 is 0 Å². The minimum absolute atomic E-state index is 0.179. The van der Waals surface area contributed by atoms with E-state index in [0.29, 0.717) is 5.41 Å². The number of hydrogen-bond acceptors (Lipinski definition) is 2. The molecule has 10 aromatic carbocycles. The highest BCUT2D eigenvalue weighted by Gasteiger charge is 2.84. The molecule has 11 aromatic rings. The zero-order chi connectivity index (χ0) is 45.7. The van der Waals surface area contributed by atoms with Gasteiger partial charge in [0, 0.05) is 38.7 Å². The van der Waals surface area contributed by atoms with E-state index in [4.69, 9.17) is 4.42 Å². The Morgan fingerprint density at radius 1 is 0.414 bits per heavy atom. The Morgan fingerprint density at radius 2 is 1.03 bits per heavy atom. The summed E-state index contributed by atoms with van der Waals surface area (Å²) in [6.07, 6.45) is 5.81. The molecule has 0 aliphatic heterocycles. The zero-order valence-electron chi connectivity index (χ0n) is 38.9. The van der Waals surface area contributed by atoms with Crippen LogP contribution in [0, 0.1) is 29.1 Å². The smallest absolute Gasteiger partial charge is 0.143 e. The Balaban J connectivity index is 0.836. The second-order valence-corrected chi connectivity index (χ2v) is 21.2. The lowest BCUT2D eigenvalue weighted by Gasteiger charge is -2.76.